The van der Waals surface area contributed by atoms with Crippen molar-refractivity contribution >= 4 is 44.3 Å². The largest absolute Gasteiger partial charge is 0.451 e. The molecule has 0 spiro atoms. The Hall–Kier alpha value is -4.04. The van der Waals surface area contributed by atoms with Gasteiger partial charge in [0.1, 0.15) is 11.2 Å². The van der Waals surface area contributed by atoms with E-state index in [2.05, 4.69) is 10.3 Å². The molecule has 0 aliphatic heterocycles. The number of amides is 1. The maximum Gasteiger partial charge on any atom is 0.345 e. The molecule has 0 saturated heterocycles. The third-order valence-corrected chi connectivity index (χ3v) is 5.26. The fourth-order valence-electron chi connectivity index (χ4n) is 3.07. The highest BCUT2D eigenvalue weighted by atomic mass is 32.1. The first kappa shape index (κ1) is 18.0. The molecule has 1 amide bonds. The Kier molecular flexibility index (Phi) is 4.26. The summed E-state index contributed by atoms with van der Waals surface area (Å²) in [5, 5.41) is 5.67. The minimum Gasteiger partial charge on any atom is -0.451 e. The Labute approximate surface area is 172 Å². The van der Waals surface area contributed by atoms with E-state index in [9.17, 15) is 14.4 Å². The van der Waals surface area contributed by atoms with Crippen molar-refractivity contribution in [2.45, 2.75) is 0 Å². The van der Waals surface area contributed by atoms with E-state index in [1.54, 1.807) is 47.8 Å². The zero-order valence-electron chi connectivity index (χ0n) is 15.2. The molecule has 0 atom stereocenters. The minimum absolute atomic E-state index is 0.124. The lowest BCUT2D eigenvalue weighted by Gasteiger charge is -2.03. The maximum atomic E-state index is 12.5. The first-order chi connectivity index (χ1) is 14.6. The summed E-state index contributed by atoms with van der Waals surface area (Å²) in [6.07, 6.45) is 0. The highest BCUT2D eigenvalue weighted by molar-refractivity contribution is 7.14. The fourth-order valence-corrected chi connectivity index (χ4v) is 3.78. The molecule has 1 N–H and O–H groups in total. The standard InChI is InChI=1S/C22H12N2O5S/c25-16-10-19(28-18-8-4-2-6-13(16)18)20(26)24-22-23-15(11-30-22)14-9-12-5-1-3-7-17(12)29-21(14)27/h1-11H,(H,23,24,26). The average Bonchev–Trinajstić information content (AvgIpc) is 3.21. The SMILES string of the molecule is O=C(Nc1nc(-c2cc3ccccc3oc2=O)cs1)c1cc(=O)c2ccccc2o1. The maximum absolute atomic E-state index is 12.5. The lowest BCUT2D eigenvalue weighted by Crippen LogP contribution is -2.14. The number of hydrogen-bond donors (Lipinski definition) is 1. The Balaban J connectivity index is 1.45. The van der Waals surface area contributed by atoms with Crippen LogP contribution in [0.1, 0.15) is 10.6 Å². The van der Waals surface area contributed by atoms with Gasteiger partial charge in [0.25, 0.3) is 5.91 Å². The van der Waals surface area contributed by atoms with Gasteiger partial charge in [-0.05, 0) is 24.3 Å². The van der Waals surface area contributed by atoms with Crippen molar-refractivity contribution in [1.29, 1.82) is 0 Å². The molecule has 3 aromatic heterocycles. The summed E-state index contributed by atoms with van der Waals surface area (Å²) < 4.78 is 10.9. The Morgan fingerprint density at radius 3 is 2.57 bits per heavy atom. The van der Waals surface area contributed by atoms with Crippen LogP contribution >= 0.6 is 11.3 Å². The van der Waals surface area contributed by atoms with Gasteiger partial charge in [0.05, 0.1) is 16.6 Å². The van der Waals surface area contributed by atoms with Crippen molar-refractivity contribution in [3.05, 3.63) is 92.4 Å². The molecule has 5 rings (SSSR count). The number of benzene rings is 2. The molecular formula is C22H12N2O5S. The number of carbonyl (C=O) groups is 1. The summed E-state index contributed by atoms with van der Waals surface area (Å²) in [5.41, 5.74) is 0.663. The summed E-state index contributed by atoms with van der Waals surface area (Å²) in [4.78, 5) is 41.3. The first-order valence-corrected chi connectivity index (χ1v) is 9.79. The van der Waals surface area contributed by atoms with Crippen molar-refractivity contribution in [1.82, 2.24) is 4.98 Å². The first-order valence-electron chi connectivity index (χ1n) is 8.91. The van der Waals surface area contributed by atoms with Gasteiger partial charge in [-0.1, -0.05) is 30.3 Å². The summed E-state index contributed by atoms with van der Waals surface area (Å²) in [6.45, 7) is 0. The highest BCUT2D eigenvalue weighted by Gasteiger charge is 2.16. The summed E-state index contributed by atoms with van der Waals surface area (Å²) >= 11 is 1.15. The van der Waals surface area contributed by atoms with Crippen LogP contribution in [0.25, 0.3) is 33.2 Å². The number of anilines is 1. The molecule has 0 fully saturated rings. The van der Waals surface area contributed by atoms with E-state index >= 15 is 0 Å². The van der Waals surface area contributed by atoms with Crippen molar-refractivity contribution in [3.63, 3.8) is 0 Å². The van der Waals surface area contributed by atoms with E-state index in [0.29, 0.717) is 27.8 Å². The van der Waals surface area contributed by atoms with Crippen LogP contribution < -0.4 is 16.4 Å². The van der Waals surface area contributed by atoms with Gasteiger partial charge in [-0.3, -0.25) is 14.9 Å². The normalized spacial score (nSPS) is 11.1. The molecule has 0 radical (unpaired) electrons. The van der Waals surface area contributed by atoms with Gasteiger partial charge in [0.2, 0.25) is 0 Å². The second-order valence-corrected chi connectivity index (χ2v) is 7.31. The molecule has 30 heavy (non-hydrogen) atoms. The molecule has 5 aromatic rings. The molecule has 2 aromatic carbocycles. The zero-order chi connectivity index (χ0) is 20.7. The summed E-state index contributed by atoms with van der Waals surface area (Å²) in [6, 6.07) is 16.7. The predicted molar refractivity (Wildman–Crippen MR) is 114 cm³/mol. The quantitative estimate of drug-likeness (QED) is 0.441. The molecule has 3 heterocycles. The molecular weight excluding hydrogens is 404 g/mol. The van der Waals surface area contributed by atoms with Crippen molar-refractivity contribution < 1.29 is 13.6 Å². The third kappa shape index (κ3) is 3.19. The van der Waals surface area contributed by atoms with Gasteiger partial charge in [-0.25, -0.2) is 9.78 Å². The van der Waals surface area contributed by atoms with Crippen LogP contribution in [0, 0.1) is 0 Å². The second kappa shape index (κ2) is 7.09. The van der Waals surface area contributed by atoms with Crippen molar-refractivity contribution in [2.75, 3.05) is 5.32 Å². The predicted octanol–water partition coefficient (Wildman–Crippen LogP) is 4.28. The molecule has 8 heteroatoms. The van der Waals surface area contributed by atoms with Crippen LogP contribution in [0.4, 0.5) is 5.13 Å². The van der Waals surface area contributed by atoms with E-state index in [1.165, 1.54) is 0 Å². The summed E-state index contributed by atoms with van der Waals surface area (Å²) in [7, 11) is 0. The van der Waals surface area contributed by atoms with Crippen LogP contribution in [0.5, 0.6) is 0 Å². The van der Waals surface area contributed by atoms with Gasteiger partial charge in [-0.2, -0.15) is 0 Å². The van der Waals surface area contributed by atoms with Gasteiger partial charge in [0.15, 0.2) is 16.3 Å². The van der Waals surface area contributed by atoms with Gasteiger partial charge < -0.3 is 8.83 Å². The fraction of sp³-hybridized carbons (Fsp3) is 0. The zero-order valence-corrected chi connectivity index (χ0v) is 16.1. The number of fused-ring (bicyclic) bond motifs is 2. The van der Waals surface area contributed by atoms with E-state index in [-0.39, 0.29) is 16.3 Å². The Morgan fingerprint density at radius 2 is 1.70 bits per heavy atom. The van der Waals surface area contributed by atoms with Crippen LogP contribution in [-0.4, -0.2) is 10.9 Å². The number of para-hydroxylation sites is 2. The summed E-state index contributed by atoms with van der Waals surface area (Å²) in [5.74, 6) is -0.732. The molecule has 0 unspecified atom stereocenters. The van der Waals surface area contributed by atoms with E-state index in [0.717, 1.165) is 22.8 Å². The molecule has 0 bridgehead atoms. The Bertz CT molecular complexity index is 1550. The van der Waals surface area contributed by atoms with E-state index in [1.807, 2.05) is 12.1 Å². The monoisotopic (exact) mass is 416 g/mol. The number of hydrogen-bond acceptors (Lipinski definition) is 7. The number of thiazole rings is 1. The topological polar surface area (TPSA) is 102 Å². The minimum atomic E-state index is -0.607. The van der Waals surface area contributed by atoms with Crippen molar-refractivity contribution in [3.8, 4) is 11.3 Å². The van der Waals surface area contributed by atoms with Crippen LogP contribution in [0.15, 0.2) is 84.5 Å². The smallest absolute Gasteiger partial charge is 0.345 e. The third-order valence-electron chi connectivity index (χ3n) is 4.50. The second-order valence-electron chi connectivity index (χ2n) is 6.45. The van der Waals surface area contributed by atoms with Crippen LogP contribution in [-0.2, 0) is 0 Å². The number of carbonyl (C=O) groups excluding carboxylic acids is 1. The molecule has 7 nitrogen and oxygen atoms in total. The number of rotatable bonds is 3. The molecule has 0 aliphatic rings. The van der Waals surface area contributed by atoms with Crippen molar-refractivity contribution in [2.24, 2.45) is 0 Å². The van der Waals surface area contributed by atoms with E-state index < -0.39 is 11.5 Å². The molecule has 0 aliphatic carbocycles. The van der Waals surface area contributed by atoms with E-state index in [4.69, 9.17) is 8.83 Å². The van der Waals surface area contributed by atoms with Crippen LogP contribution in [0.2, 0.25) is 0 Å². The lowest BCUT2D eigenvalue weighted by atomic mass is 10.1. The van der Waals surface area contributed by atoms with Gasteiger partial charge >= 0.3 is 5.63 Å². The van der Waals surface area contributed by atoms with Gasteiger partial charge in [-0.15, -0.1) is 11.3 Å². The highest BCUT2D eigenvalue weighted by Crippen LogP contribution is 2.25. The number of nitrogens with one attached hydrogen (secondary N) is 1. The average molecular weight is 416 g/mol. The Morgan fingerprint density at radius 1 is 0.933 bits per heavy atom. The number of aromatic nitrogens is 1. The molecule has 146 valence electrons. The van der Waals surface area contributed by atoms with Crippen LogP contribution in [0.3, 0.4) is 0 Å². The lowest BCUT2D eigenvalue weighted by molar-refractivity contribution is 0.0997. The number of nitrogens with zero attached hydrogens (tertiary/aromatic N) is 1. The molecule has 0 saturated carbocycles. The van der Waals surface area contributed by atoms with Gasteiger partial charge in [0, 0.05) is 16.8 Å².